The molecule has 1 N–H and O–H groups in total. The molecule has 0 amide bonds. The number of halogens is 1. The van der Waals surface area contributed by atoms with E-state index in [-0.39, 0.29) is 11.6 Å². The summed E-state index contributed by atoms with van der Waals surface area (Å²) in [6, 6.07) is 12.5. The van der Waals surface area contributed by atoms with Gasteiger partial charge in [-0.2, -0.15) is 0 Å². The van der Waals surface area contributed by atoms with E-state index in [1.54, 1.807) is 25.3 Å². The Balaban J connectivity index is 1.67. The van der Waals surface area contributed by atoms with E-state index in [4.69, 9.17) is 4.74 Å². The molecule has 1 aliphatic heterocycles. The zero-order chi connectivity index (χ0) is 22.2. The van der Waals surface area contributed by atoms with Crippen LogP contribution in [0.25, 0.3) is 0 Å². The molecule has 0 saturated carbocycles. The van der Waals surface area contributed by atoms with Gasteiger partial charge >= 0.3 is 0 Å². The maximum Gasteiger partial charge on any atom is 0.127 e. The van der Waals surface area contributed by atoms with Crippen LogP contribution in [0.5, 0.6) is 11.5 Å². The summed E-state index contributed by atoms with van der Waals surface area (Å²) >= 11 is 0. The number of phenolic OH excluding ortho intramolecular Hbond substituents is 1. The van der Waals surface area contributed by atoms with Crippen LogP contribution in [0.4, 0.5) is 4.39 Å². The fourth-order valence-electron chi connectivity index (χ4n) is 4.38. The molecule has 1 fully saturated rings. The van der Waals surface area contributed by atoms with Crippen molar-refractivity contribution in [2.45, 2.75) is 25.9 Å². The lowest BCUT2D eigenvalue weighted by molar-refractivity contribution is 0.118. The van der Waals surface area contributed by atoms with Gasteiger partial charge < -0.3 is 14.7 Å². The molecule has 6 heteroatoms. The van der Waals surface area contributed by atoms with E-state index in [2.05, 4.69) is 28.8 Å². The maximum atomic E-state index is 14.1. The van der Waals surface area contributed by atoms with Gasteiger partial charge in [-0.25, -0.2) is 4.39 Å². The normalized spacial score (nSPS) is 17.4. The second-order valence-corrected chi connectivity index (χ2v) is 8.83. The lowest BCUT2D eigenvalue weighted by Crippen LogP contribution is -2.42. The van der Waals surface area contributed by atoms with Crippen LogP contribution in [0.1, 0.15) is 24.0 Å². The number of phenols is 1. The van der Waals surface area contributed by atoms with E-state index in [0.29, 0.717) is 19.0 Å². The molecule has 5 nitrogen and oxygen atoms in total. The monoisotopic (exact) mass is 429 g/mol. The van der Waals surface area contributed by atoms with Crippen molar-refractivity contribution in [1.29, 1.82) is 0 Å². The van der Waals surface area contributed by atoms with Crippen molar-refractivity contribution in [3.63, 3.8) is 0 Å². The first-order valence-corrected chi connectivity index (χ1v) is 11.1. The summed E-state index contributed by atoms with van der Waals surface area (Å²) in [7, 11) is 5.80. The Kier molecular flexibility index (Phi) is 8.69. The number of hydrogen-bond donors (Lipinski definition) is 1. The number of likely N-dealkylation sites (N-methyl/N-ethyl adjacent to an activating group) is 1. The van der Waals surface area contributed by atoms with Crippen molar-refractivity contribution >= 4 is 0 Å². The number of methoxy groups -OCH3 is 1. The zero-order valence-corrected chi connectivity index (χ0v) is 19.1. The first kappa shape index (κ1) is 23.5. The van der Waals surface area contributed by atoms with Crippen molar-refractivity contribution in [2.24, 2.45) is 5.92 Å². The molecule has 31 heavy (non-hydrogen) atoms. The van der Waals surface area contributed by atoms with Gasteiger partial charge in [-0.05, 0) is 57.6 Å². The van der Waals surface area contributed by atoms with E-state index in [0.717, 1.165) is 56.0 Å². The minimum Gasteiger partial charge on any atom is -0.507 e. The predicted molar refractivity (Wildman–Crippen MR) is 123 cm³/mol. The second-order valence-electron chi connectivity index (χ2n) is 8.83. The van der Waals surface area contributed by atoms with Crippen LogP contribution in [0, 0.1) is 11.7 Å². The number of likely N-dealkylation sites (tertiary alicyclic amines) is 1. The number of piperidine rings is 1. The van der Waals surface area contributed by atoms with Crippen molar-refractivity contribution in [3.8, 4) is 11.5 Å². The fourth-order valence-corrected chi connectivity index (χ4v) is 4.38. The van der Waals surface area contributed by atoms with Crippen LogP contribution in [-0.4, -0.2) is 73.7 Å². The number of rotatable bonds is 10. The minimum atomic E-state index is -0.121. The van der Waals surface area contributed by atoms with Gasteiger partial charge in [0.15, 0.2) is 0 Å². The molecule has 2 aromatic carbocycles. The van der Waals surface area contributed by atoms with Gasteiger partial charge in [-0.15, -0.1) is 0 Å². The molecular formula is C25H36FN3O2. The highest BCUT2D eigenvalue weighted by Crippen LogP contribution is 2.29. The van der Waals surface area contributed by atoms with Crippen LogP contribution in [0.15, 0.2) is 42.5 Å². The highest BCUT2D eigenvalue weighted by molar-refractivity contribution is 5.43. The van der Waals surface area contributed by atoms with E-state index in [9.17, 15) is 9.50 Å². The van der Waals surface area contributed by atoms with Gasteiger partial charge in [0, 0.05) is 50.4 Å². The van der Waals surface area contributed by atoms with Gasteiger partial charge in [0.2, 0.25) is 0 Å². The third kappa shape index (κ3) is 6.92. The Bertz CT molecular complexity index is 830. The van der Waals surface area contributed by atoms with E-state index in [1.807, 2.05) is 24.3 Å². The lowest BCUT2D eigenvalue weighted by atomic mass is 9.96. The Hall–Kier alpha value is -2.15. The van der Waals surface area contributed by atoms with Crippen LogP contribution in [-0.2, 0) is 13.1 Å². The quantitative estimate of drug-likeness (QED) is 0.622. The Labute approximate surface area is 186 Å². The molecule has 0 unspecified atom stereocenters. The molecule has 1 saturated heterocycles. The van der Waals surface area contributed by atoms with Crippen LogP contribution in [0.3, 0.4) is 0 Å². The predicted octanol–water partition coefficient (Wildman–Crippen LogP) is 3.82. The molecule has 0 bridgehead atoms. The first-order valence-electron chi connectivity index (χ1n) is 11.1. The smallest absolute Gasteiger partial charge is 0.127 e. The Morgan fingerprint density at radius 1 is 1.13 bits per heavy atom. The van der Waals surface area contributed by atoms with E-state index < -0.39 is 0 Å². The molecule has 0 radical (unpaired) electrons. The lowest BCUT2D eigenvalue weighted by Gasteiger charge is -2.36. The molecule has 0 spiro atoms. The summed E-state index contributed by atoms with van der Waals surface area (Å²) < 4.78 is 19.6. The average Bonchev–Trinajstić information content (AvgIpc) is 2.75. The number of benzene rings is 2. The molecule has 3 rings (SSSR count). The SMILES string of the molecule is COc1cccc(O)c1CN(CCN(C)C)C[C@H]1CCCN(Cc2ccccc2F)C1. The molecule has 0 aromatic heterocycles. The van der Waals surface area contributed by atoms with Crippen LogP contribution >= 0.6 is 0 Å². The van der Waals surface area contributed by atoms with Gasteiger partial charge in [0.05, 0.1) is 7.11 Å². The van der Waals surface area contributed by atoms with Crippen molar-refractivity contribution in [3.05, 3.63) is 59.4 Å². The molecule has 0 aliphatic carbocycles. The van der Waals surface area contributed by atoms with Gasteiger partial charge in [-0.1, -0.05) is 24.3 Å². The van der Waals surface area contributed by atoms with E-state index in [1.165, 1.54) is 6.42 Å². The number of nitrogens with zero attached hydrogens (tertiary/aromatic N) is 3. The van der Waals surface area contributed by atoms with Gasteiger partial charge in [-0.3, -0.25) is 9.80 Å². The third-order valence-corrected chi connectivity index (χ3v) is 6.04. The number of hydrogen-bond acceptors (Lipinski definition) is 5. The average molecular weight is 430 g/mol. The maximum absolute atomic E-state index is 14.1. The molecular weight excluding hydrogens is 393 g/mol. The third-order valence-electron chi connectivity index (χ3n) is 6.04. The highest BCUT2D eigenvalue weighted by Gasteiger charge is 2.24. The molecule has 170 valence electrons. The largest absolute Gasteiger partial charge is 0.507 e. The summed E-state index contributed by atoms with van der Waals surface area (Å²) in [5.74, 6) is 1.39. The highest BCUT2D eigenvalue weighted by atomic mass is 19.1. The minimum absolute atomic E-state index is 0.121. The molecule has 1 heterocycles. The van der Waals surface area contributed by atoms with Crippen molar-refractivity contribution < 1.29 is 14.2 Å². The van der Waals surface area contributed by atoms with Crippen molar-refractivity contribution in [1.82, 2.24) is 14.7 Å². The van der Waals surface area contributed by atoms with Gasteiger partial charge in [0.1, 0.15) is 17.3 Å². The summed E-state index contributed by atoms with van der Waals surface area (Å²) in [4.78, 5) is 6.96. The first-order chi connectivity index (χ1) is 15.0. The Morgan fingerprint density at radius 3 is 2.68 bits per heavy atom. The summed E-state index contributed by atoms with van der Waals surface area (Å²) in [6.07, 6.45) is 2.30. The van der Waals surface area contributed by atoms with Gasteiger partial charge in [0.25, 0.3) is 0 Å². The standard InChI is InChI=1S/C25H36FN3O2/c1-27(2)14-15-29(19-22-24(30)11-6-12-25(22)31-3)17-20-8-7-13-28(16-20)18-21-9-4-5-10-23(21)26/h4-6,9-12,20,30H,7-8,13-19H2,1-3H3/t20-/m0/s1. The fraction of sp³-hybridized carbons (Fsp3) is 0.520. The van der Waals surface area contributed by atoms with E-state index >= 15 is 0 Å². The Morgan fingerprint density at radius 2 is 1.94 bits per heavy atom. The topological polar surface area (TPSA) is 39.2 Å². The summed E-state index contributed by atoms with van der Waals surface area (Å²) in [5.41, 5.74) is 1.61. The molecule has 1 aliphatic rings. The summed E-state index contributed by atoms with van der Waals surface area (Å²) in [5, 5.41) is 10.4. The number of aromatic hydroxyl groups is 1. The number of ether oxygens (including phenoxy) is 1. The summed E-state index contributed by atoms with van der Waals surface area (Å²) in [6.45, 7) is 6.08. The second kappa shape index (κ2) is 11.5. The molecule has 1 atom stereocenters. The van der Waals surface area contributed by atoms with Crippen LogP contribution < -0.4 is 4.74 Å². The van der Waals surface area contributed by atoms with Crippen LogP contribution in [0.2, 0.25) is 0 Å². The zero-order valence-electron chi connectivity index (χ0n) is 19.1. The van der Waals surface area contributed by atoms with Crippen molar-refractivity contribution in [2.75, 3.05) is 53.9 Å². The molecule has 2 aromatic rings.